The molecular weight excluding hydrogens is 308 g/mol. The van der Waals surface area contributed by atoms with Gasteiger partial charge in [-0.25, -0.2) is 0 Å². The Balaban J connectivity index is 3.24. The topological polar surface area (TPSA) is 130 Å². The zero-order valence-corrected chi connectivity index (χ0v) is 12.6. The molecule has 9 heteroatoms. The molecule has 0 aliphatic rings. The lowest BCUT2D eigenvalue weighted by Crippen LogP contribution is -2.34. The molecule has 0 heterocycles. The number of nitro groups is 2. The molecule has 124 valence electrons. The van der Waals surface area contributed by atoms with Crippen LogP contribution in [0.5, 0.6) is 0 Å². The largest absolute Gasteiger partial charge is 0.465 e. The maximum atomic E-state index is 12.0. The molecule has 0 amide bonds. The van der Waals surface area contributed by atoms with Crippen molar-refractivity contribution in [2.45, 2.75) is 19.8 Å². The van der Waals surface area contributed by atoms with Crippen LogP contribution >= 0.6 is 0 Å². The number of nitro benzene ring substituents is 1. The third kappa shape index (κ3) is 4.83. The van der Waals surface area contributed by atoms with Crippen LogP contribution in [0.2, 0.25) is 0 Å². The SMILES string of the molecule is CCOC(=O)C(C(C)=O)C(C[N+](=O)[O-])c1ccc([N+](=O)[O-])cc1. The number of non-ortho nitro benzene ring substituents is 1. The van der Waals surface area contributed by atoms with Crippen molar-refractivity contribution in [1.82, 2.24) is 0 Å². The first-order chi connectivity index (χ1) is 10.8. The third-order valence-electron chi connectivity index (χ3n) is 3.26. The summed E-state index contributed by atoms with van der Waals surface area (Å²) in [5.74, 6) is -3.79. The minimum absolute atomic E-state index is 0.0358. The summed E-state index contributed by atoms with van der Waals surface area (Å²) in [6.45, 7) is 2.08. The van der Waals surface area contributed by atoms with E-state index in [1.54, 1.807) is 6.92 Å². The molecule has 0 radical (unpaired) electrons. The van der Waals surface area contributed by atoms with Gasteiger partial charge in [0.2, 0.25) is 6.54 Å². The lowest BCUT2D eigenvalue weighted by atomic mass is 9.83. The Hall–Kier alpha value is -2.84. The minimum Gasteiger partial charge on any atom is -0.465 e. The average molecular weight is 324 g/mol. The van der Waals surface area contributed by atoms with Crippen LogP contribution in [0.4, 0.5) is 5.69 Å². The van der Waals surface area contributed by atoms with E-state index in [9.17, 15) is 29.8 Å². The molecule has 0 aromatic heterocycles. The molecule has 23 heavy (non-hydrogen) atoms. The van der Waals surface area contributed by atoms with E-state index in [4.69, 9.17) is 4.74 Å². The number of rotatable bonds is 8. The van der Waals surface area contributed by atoms with E-state index in [-0.39, 0.29) is 12.3 Å². The first-order valence-corrected chi connectivity index (χ1v) is 6.81. The Kier molecular flexibility index (Phi) is 6.31. The van der Waals surface area contributed by atoms with Gasteiger partial charge in [-0.3, -0.25) is 29.8 Å². The molecule has 0 saturated heterocycles. The molecule has 9 nitrogen and oxygen atoms in total. The van der Waals surface area contributed by atoms with E-state index in [1.807, 2.05) is 0 Å². The smallest absolute Gasteiger partial charge is 0.317 e. The number of hydrogen-bond acceptors (Lipinski definition) is 7. The summed E-state index contributed by atoms with van der Waals surface area (Å²) >= 11 is 0. The highest BCUT2D eigenvalue weighted by Gasteiger charge is 2.38. The van der Waals surface area contributed by atoms with Gasteiger partial charge in [0.25, 0.3) is 5.69 Å². The van der Waals surface area contributed by atoms with E-state index in [2.05, 4.69) is 0 Å². The van der Waals surface area contributed by atoms with E-state index in [1.165, 1.54) is 24.3 Å². The number of hydrogen-bond donors (Lipinski definition) is 0. The molecule has 1 rings (SSSR count). The van der Waals surface area contributed by atoms with Crippen molar-refractivity contribution in [3.05, 3.63) is 50.1 Å². The minimum atomic E-state index is -1.33. The van der Waals surface area contributed by atoms with Gasteiger partial charge in [0, 0.05) is 17.1 Å². The summed E-state index contributed by atoms with van der Waals surface area (Å²) in [6, 6.07) is 4.96. The Labute approximate surface area is 131 Å². The van der Waals surface area contributed by atoms with Crippen LogP contribution < -0.4 is 0 Å². The average Bonchev–Trinajstić information content (AvgIpc) is 2.46. The van der Waals surface area contributed by atoms with Crippen LogP contribution in [0.15, 0.2) is 24.3 Å². The summed E-state index contributed by atoms with van der Waals surface area (Å²) in [4.78, 5) is 44.1. The van der Waals surface area contributed by atoms with Crippen molar-refractivity contribution >= 4 is 17.4 Å². The van der Waals surface area contributed by atoms with Crippen LogP contribution in [-0.4, -0.2) is 34.8 Å². The number of benzene rings is 1. The van der Waals surface area contributed by atoms with Gasteiger partial charge in [0.1, 0.15) is 11.7 Å². The second kappa shape index (κ2) is 7.97. The number of nitrogens with zero attached hydrogens (tertiary/aromatic N) is 2. The first kappa shape index (κ1) is 18.2. The zero-order valence-electron chi connectivity index (χ0n) is 12.6. The second-order valence-electron chi connectivity index (χ2n) is 4.81. The van der Waals surface area contributed by atoms with Gasteiger partial charge in [0.05, 0.1) is 17.4 Å². The van der Waals surface area contributed by atoms with E-state index in [0.29, 0.717) is 5.56 Å². The monoisotopic (exact) mass is 324 g/mol. The molecule has 0 saturated carbocycles. The van der Waals surface area contributed by atoms with Crippen molar-refractivity contribution in [2.75, 3.05) is 13.2 Å². The third-order valence-corrected chi connectivity index (χ3v) is 3.26. The van der Waals surface area contributed by atoms with Crippen molar-refractivity contribution in [3.8, 4) is 0 Å². The highest BCUT2D eigenvalue weighted by Crippen LogP contribution is 2.28. The maximum Gasteiger partial charge on any atom is 0.317 e. The molecule has 0 spiro atoms. The molecule has 1 aromatic rings. The molecule has 1 aromatic carbocycles. The standard InChI is InChI=1S/C14H16N2O7/c1-3-23-14(18)13(9(2)17)12(8-15(19)20)10-4-6-11(7-5-10)16(21)22/h4-7,12-13H,3,8H2,1-2H3. The number of ether oxygens (including phenoxy) is 1. The number of esters is 1. The molecule has 0 N–H and O–H groups in total. The van der Waals surface area contributed by atoms with Crippen LogP contribution in [0.25, 0.3) is 0 Å². The Morgan fingerprint density at radius 1 is 1.17 bits per heavy atom. The lowest BCUT2D eigenvalue weighted by molar-refractivity contribution is -0.484. The van der Waals surface area contributed by atoms with Crippen LogP contribution in [0, 0.1) is 26.1 Å². The highest BCUT2D eigenvalue weighted by atomic mass is 16.6. The van der Waals surface area contributed by atoms with Gasteiger partial charge >= 0.3 is 5.97 Å². The van der Waals surface area contributed by atoms with Crippen molar-refractivity contribution in [3.63, 3.8) is 0 Å². The summed E-state index contributed by atoms with van der Waals surface area (Å²) < 4.78 is 4.82. The van der Waals surface area contributed by atoms with Crippen molar-refractivity contribution in [2.24, 2.45) is 5.92 Å². The van der Waals surface area contributed by atoms with E-state index in [0.717, 1.165) is 6.92 Å². The molecule has 0 aliphatic heterocycles. The summed E-state index contributed by atoms with van der Waals surface area (Å²) in [6.07, 6.45) is 0. The summed E-state index contributed by atoms with van der Waals surface area (Å²) in [7, 11) is 0. The fourth-order valence-electron chi connectivity index (χ4n) is 2.25. The van der Waals surface area contributed by atoms with E-state index >= 15 is 0 Å². The zero-order chi connectivity index (χ0) is 17.6. The fourth-order valence-corrected chi connectivity index (χ4v) is 2.25. The molecule has 0 bridgehead atoms. The molecule has 2 unspecified atom stereocenters. The fraction of sp³-hybridized carbons (Fsp3) is 0.429. The number of carbonyl (C=O) groups is 2. The van der Waals surface area contributed by atoms with Gasteiger partial charge in [-0.1, -0.05) is 12.1 Å². The Morgan fingerprint density at radius 3 is 2.13 bits per heavy atom. The van der Waals surface area contributed by atoms with Gasteiger partial charge in [-0.05, 0) is 19.4 Å². The van der Waals surface area contributed by atoms with Crippen molar-refractivity contribution in [1.29, 1.82) is 0 Å². The number of ketones is 1. The highest BCUT2D eigenvalue weighted by molar-refractivity contribution is 5.98. The van der Waals surface area contributed by atoms with Gasteiger partial charge < -0.3 is 4.74 Å². The Morgan fingerprint density at radius 2 is 1.74 bits per heavy atom. The second-order valence-corrected chi connectivity index (χ2v) is 4.81. The number of Topliss-reactive ketones (excluding diaryl/α,β-unsaturated/α-hetero) is 1. The van der Waals surface area contributed by atoms with Crippen LogP contribution in [0.3, 0.4) is 0 Å². The summed E-state index contributed by atoms with van der Waals surface area (Å²) in [5.41, 5.74) is 0.102. The van der Waals surface area contributed by atoms with E-state index < -0.39 is 40.0 Å². The predicted octanol–water partition coefficient (Wildman–Crippen LogP) is 1.72. The number of carbonyl (C=O) groups excluding carboxylic acids is 2. The lowest BCUT2D eigenvalue weighted by Gasteiger charge is -2.20. The maximum absolute atomic E-state index is 12.0. The van der Waals surface area contributed by atoms with Gasteiger partial charge in [-0.15, -0.1) is 0 Å². The van der Waals surface area contributed by atoms with Crippen molar-refractivity contribution < 1.29 is 24.2 Å². The molecule has 0 fully saturated rings. The molecule has 2 atom stereocenters. The summed E-state index contributed by atoms with van der Waals surface area (Å²) in [5, 5.41) is 21.6. The molecular formula is C14H16N2O7. The molecule has 0 aliphatic carbocycles. The van der Waals surface area contributed by atoms with Gasteiger partial charge in [0.15, 0.2) is 0 Å². The normalized spacial score (nSPS) is 13.0. The Bertz CT molecular complexity index is 612. The predicted molar refractivity (Wildman–Crippen MR) is 78.5 cm³/mol. The van der Waals surface area contributed by atoms with Crippen LogP contribution in [-0.2, 0) is 14.3 Å². The van der Waals surface area contributed by atoms with Gasteiger partial charge in [-0.2, -0.15) is 0 Å². The van der Waals surface area contributed by atoms with Crippen LogP contribution in [0.1, 0.15) is 25.3 Å². The first-order valence-electron chi connectivity index (χ1n) is 6.81. The quantitative estimate of drug-likeness (QED) is 0.308.